The zero-order valence-corrected chi connectivity index (χ0v) is 65.2. The van der Waals surface area contributed by atoms with Crippen LogP contribution < -0.4 is 0 Å². The zero-order valence-electron chi connectivity index (χ0n) is 63.4. The van der Waals surface area contributed by atoms with Gasteiger partial charge in [-0.15, -0.1) is 0 Å². The molecule has 2 unspecified atom stereocenters. The summed E-state index contributed by atoms with van der Waals surface area (Å²) in [4.78, 5) is 72.8. The zero-order chi connectivity index (χ0) is 71.4. The Bertz CT molecular complexity index is 1870. The van der Waals surface area contributed by atoms with Crippen molar-refractivity contribution in [3.63, 3.8) is 0 Å². The lowest BCUT2D eigenvalue weighted by Crippen LogP contribution is -2.30. The maximum absolute atomic E-state index is 13.1. The van der Waals surface area contributed by atoms with Crippen molar-refractivity contribution in [2.75, 3.05) is 39.6 Å². The minimum absolute atomic E-state index is 0.106. The Hall–Kier alpha value is -1.94. The SMILES string of the molecule is CCCCCCCCCCCCCCCCCCCCCC(=O)O[C@H](COC(=O)CCCCCCCCCCCCCCCCC(C)C)COP(=O)(O)OC[C@@H](O)COP(=O)(O)OC[C@@H](COC(=O)CCCCCCCCC(C)C)OC(=O)CCCCCCCCCCCCCC. The highest BCUT2D eigenvalue weighted by Crippen LogP contribution is 2.45. The van der Waals surface area contributed by atoms with Gasteiger partial charge in [0, 0.05) is 25.7 Å². The van der Waals surface area contributed by atoms with Gasteiger partial charge in [0.1, 0.15) is 19.3 Å². The molecule has 0 radical (unpaired) electrons. The Morgan fingerprint density at radius 2 is 0.474 bits per heavy atom. The molecule has 0 spiro atoms. The molecule has 0 aliphatic heterocycles. The average molecular weight is 1420 g/mol. The molecular weight excluding hydrogens is 1270 g/mol. The lowest BCUT2D eigenvalue weighted by Gasteiger charge is -2.21. The molecule has 0 aromatic carbocycles. The second-order valence-electron chi connectivity index (χ2n) is 29.1. The quantitative estimate of drug-likeness (QED) is 0.0222. The van der Waals surface area contributed by atoms with Crippen molar-refractivity contribution in [2.24, 2.45) is 11.8 Å². The van der Waals surface area contributed by atoms with E-state index < -0.39 is 97.5 Å². The molecule has 19 heteroatoms. The van der Waals surface area contributed by atoms with Gasteiger partial charge in [0.2, 0.25) is 0 Å². The Balaban J connectivity index is 5.22. The summed E-state index contributed by atoms with van der Waals surface area (Å²) in [6.07, 6.45) is 58.4. The fraction of sp³-hybridized carbons (Fsp3) is 0.949. The third-order valence-electron chi connectivity index (χ3n) is 18.2. The van der Waals surface area contributed by atoms with Gasteiger partial charge in [0.25, 0.3) is 0 Å². The first-order valence-corrected chi connectivity index (χ1v) is 43.5. The monoisotopic (exact) mass is 1420 g/mol. The van der Waals surface area contributed by atoms with Crippen molar-refractivity contribution in [3.05, 3.63) is 0 Å². The van der Waals surface area contributed by atoms with Crippen LogP contribution in [0.3, 0.4) is 0 Å². The molecule has 0 rings (SSSR count). The minimum Gasteiger partial charge on any atom is -0.462 e. The molecule has 5 atom stereocenters. The largest absolute Gasteiger partial charge is 0.472 e. The number of hydrogen-bond donors (Lipinski definition) is 3. The average Bonchev–Trinajstić information content (AvgIpc) is 1.56. The lowest BCUT2D eigenvalue weighted by atomic mass is 10.0. The highest BCUT2D eigenvalue weighted by Gasteiger charge is 2.30. The number of aliphatic hydroxyl groups is 1. The Labute approximate surface area is 594 Å². The maximum atomic E-state index is 13.1. The summed E-state index contributed by atoms with van der Waals surface area (Å²) in [7, 11) is -9.91. The number of carbonyl (C=O) groups excluding carboxylic acids is 4. The van der Waals surface area contributed by atoms with E-state index in [1.807, 2.05) is 0 Å². The molecule has 0 aromatic rings. The smallest absolute Gasteiger partial charge is 0.462 e. The number of phosphoric ester groups is 2. The maximum Gasteiger partial charge on any atom is 0.472 e. The van der Waals surface area contributed by atoms with Crippen LogP contribution in [-0.2, 0) is 65.4 Å². The van der Waals surface area contributed by atoms with Gasteiger partial charge in [0.15, 0.2) is 12.2 Å². The highest BCUT2D eigenvalue weighted by atomic mass is 31.2. The summed E-state index contributed by atoms with van der Waals surface area (Å²) >= 11 is 0. The van der Waals surface area contributed by atoms with Gasteiger partial charge in [-0.05, 0) is 37.5 Å². The van der Waals surface area contributed by atoms with Gasteiger partial charge >= 0.3 is 39.5 Å². The first-order chi connectivity index (χ1) is 46.9. The van der Waals surface area contributed by atoms with E-state index in [9.17, 15) is 43.2 Å². The van der Waals surface area contributed by atoms with E-state index in [-0.39, 0.29) is 25.7 Å². The van der Waals surface area contributed by atoms with Crippen molar-refractivity contribution >= 4 is 39.5 Å². The van der Waals surface area contributed by atoms with Crippen molar-refractivity contribution in [1.82, 2.24) is 0 Å². The molecule has 0 saturated carbocycles. The Morgan fingerprint density at radius 3 is 0.701 bits per heavy atom. The molecule has 17 nitrogen and oxygen atoms in total. The van der Waals surface area contributed by atoms with Gasteiger partial charge in [-0.25, -0.2) is 9.13 Å². The molecule has 0 aliphatic carbocycles. The normalized spacial score (nSPS) is 14.0. The predicted octanol–water partition coefficient (Wildman–Crippen LogP) is 23.1. The van der Waals surface area contributed by atoms with E-state index in [0.29, 0.717) is 31.6 Å². The highest BCUT2D eigenvalue weighted by molar-refractivity contribution is 7.47. The molecule has 0 fully saturated rings. The molecule has 0 aliphatic rings. The van der Waals surface area contributed by atoms with Crippen molar-refractivity contribution in [3.8, 4) is 0 Å². The third-order valence-corrected chi connectivity index (χ3v) is 20.1. The van der Waals surface area contributed by atoms with Crippen LogP contribution in [0, 0.1) is 11.8 Å². The van der Waals surface area contributed by atoms with Crippen LogP contribution in [0.2, 0.25) is 0 Å². The second kappa shape index (κ2) is 69.8. The number of ether oxygens (including phenoxy) is 4. The number of hydrogen-bond acceptors (Lipinski definition) is 15. The van der Waals surface area contributed by atoms with Crippen molar-refractivity contribution < 1.29 is 80.2 Å². The summed E-state index contributed by atoms with van der Waals surface area (Å²) in [5.74, 6) is -0.635. The summed E-state index contributed by atoms with van der Waals surface area (Å²) in [6, 6.07) is 0. The number of unbranched alkanes of at least 4 members (excludes halogenated alkanes) is 47. The number of phosphoric acid groups is 2. The number of carbonyl (C=O) groups is 4. The molecule has 0 amide bonds. The van der Waals surface area contributed by atoms with Gasteiger partial charge in [-0.1, -0.05) is 356 Å². The van der Waals surface area contributed by atoms with Crippen LogP contribution >= 0.6 is 15.6 Å². The standard InChI is InChI=1S/C78H152O17P2/c1-7-9-11-13-15-17-19-21-22-23-24-25-26-31-35-39-43-51-57-63-78(83)94-73(66-88-75(80)60-54-48-41-37-34-30-28-27-29-32-36-40-46-52-58-70(3)4)68-92-96(84,85)90-64-72(79)65-91-97(86,87)93-69-74(67-89-76(81)61-55-49-45-44-47-53-59-71(5)6)95-77(82)62-56-50-42-38-33-20-18-16-14-12-10-8-2/h70-74,79H,7-69H2,1-6H3,(H,84,85)(H,86,87)/t72-,73-,74-/m1/s1. The molecule has 576 valence electrons. The number of rotatable bonds is 77. The molecule has 3 N–H and O–H groups in total. The van der Waals surface area contributed by atoms with E-state index in [1.54, 1.807) is 0 Å². The Kier molecular flexibility index (Phi) is 68.4. The third kappa shape index (κ3) is 72.2. The van der Waals surface area contributed by atoms with Crippen LogP contribution in [-0.4, -0.2) is 96.7 Å². The van der Waals surface area contributed by atoms with Crippen molar-refractivity contribution in [1.29, 1.82) is 0 Å². The van der Waals surface area contributed by atoms with E-state index in [4.69, 9.17) is 37.0 Å². The van der Waals surface area contributed by atoms with Crippen LogP contribution in [0.25, 0.3) is 0 Å². The van der Waals surface area contributed by atoms with Gasteiger partial charge in [-0.3, -0.25) is 37.3 Å². The fourth-order valence-corrected chi connectivity index (χ4v) is 13.6. The van der Waals surface area contributed by atoms with E-state index >= 15 is 0 Å². The predicted molar refractivity (Wildman–Crippen MR) is 395 cm³/mol. The van der Waals surface area contributed by atoms with Gasteiger partial charge in [-0.2, -0.15) is 0 Å². The van der Waals surface area contributed by atoms with Gasteiger partial charge in [0.05, 0.1) is 26.4 Å². The summed E-state index contributed by atoms with van der Waals surface area (Å²) in [6.45, 7) is 9.55. The minimum atomic E-state index is -4.96. The van der Waals surface area contributed by atoms with Crippen LogP contribution in [0.1, 0.15) is 408 Å². The topological polar surface area (TPSA) is 237 Å². The molecular formula is C78H152O17P2. The molecule has 0 aromatic heterocycles. The molecule has 0 saturated heterocycles. The lowest BCUT2D eigenvalue weighted by molar-refractivity contribution is -0.161. The summed E-state index contributed by atoms with van der Waals surface area (Å²) in [5.41, 5.74) is 0. The number of esters is 4. The van der Waals surface area contributed by atoms with Gasteiger partial charge < -0.3 is 33.8 Å². The van der Waals surface area contributed by atoms with E-state index in [2.05, 4.69) is 41.5 Å². The molecule has 97 heavy (non-hydrogen) atoms. The Morgan fingerprint density at radius 1 is 0.278 bits per heavy atom. The van der Waals surface area contributed by atoms with Crippen LogP contribution in [0.4, 0.5) is 0 Å². The first kappa shape index (κ1) is 95.1. The number of aliphatic hydroxyl groups excluding tert-OH is 1. The summed E-state index contributed by atoms with van der Waals surface area (Å²) in [5, 5.41) is 10.6. The second-order valence-corrected chi connectivity index (χ2v) is 32.0. The van der Waals surface area contributed by atoms with E-state index in [0.717, 1.165) is 102 Å². The fourth-order valence-electron chi connectivity index (χ4n) is 12.0. The van der Waals surface area contributed by atoms with Crippen LogP contribution in [0.15, 0.2) is 0 Å². The van der Waals surface area contributed by atoms with Crippen LogP contribution in [0.5, 0.6) is 0 Å². The van der Waals surface area contributed by atoms with Crippen molar-refractivity contribution in [2.45, 2.75) is 426 Å². The summed E-state index contributed by atoms with van der Waals surface area (Å²) < 4.78 is 68.6. The van der Waals surface area contributed by atoms with E-state index in [1.165, 1.54) is 218 Å². The first-order valence-electron chi connectivity index (χ1n) is 40.5. The molecule has 0 heterocycles. The molecule has 0 bridgehead atoms.